The SMILES string of the molecule is C1CN[C@H](C[N+]23CCN(CC2)CC3)C1. The normalized spacial score (nSPS) is 47.1. The zero-order chi connectivity index (χ0) is 9.43. The lowest BCUT2D eigenvalue weighted by atomic mass is 10.1. The zero-order valence-electron chi connectivity index (χ0n) is 9.04. The topological polar surface area (TPSA) is 15.3 Å². The maximum Gasteiger partial charge on any atom is 0.0943 e. The molecule has 3 nitrogen and oxygen atoms in total. The Labute approximate surface area is 86.7 Å². The van der Waals surface area contributed by atoms with Gasteiger partial charge in [-0.05, 0) is 19.4 Å². The lowest BCUT2D eigenvalue weighted by Gasteiger charge is -2.51. The van der Waals surface area contributed by atoms with E-state index in [2.05, 4.69) is 10.2 Å². The van der Waals surface area contributed by atoms with Crippen molar-refractivity contribution in [3.63, 3.8) is 0 Å². The van der Waals surface area contributed by atoms with E-state index in [-0.39, 0.29) is 0 Å². The summed E-state index contributed by atoms with van der Waals surface area (Å²) in [7, 11) is 0. The summed E-state index contributed by atoms with van der Waals surface area (Å²) >= 11 is 0. The highest BCUT2D eigenvalue weighted by atomic mass is 15.5. The van der Waals surface area contributed by atoms with Gasteiger partial charge in [0.15, 0.2) is 0 Å². The molecule has 1 N–H and O–H groups in total. The van der Waals surface area contributed by atoms with E-state index in [0.29, 0.717) is 0 Å². The van der Waals surface area contributed by atoms with E-state index in [1.165, 1.54) is 69.7 Å². The van der Waals surface area contributed by atoms with Crippen LogP contribution in [0.3, 0.4) is 0 Å². The molecule has 4 heterocycles. The molecule has 4 aliphatic rings. The third-order valence-electron chi connectivity index (χ3n) is 4.44. The molecule has 0 unspecified atom stereocenters. The van der Waals surface area contributed by atoms with E-state index in [0.717, 1.165) is 6.04 Å². The second kappa shape index (κ2) is 3.47. The average molecular weight is 196 g/mol. The van der Waals surface area contributed by atoms with Crippen molar-refractivity contribution in [3.8, 4) is 0 Å². The third kappa shape index (κ3) is 1.58. The highest BCUT2D eigenvalue weighted by Crippen LogP contribution is 2.21. The van der Waals surface area contributed by atoms with Gasteiger partial charge in [0.1, 0.15) is 0 Å². The average Bonchev–Trinajstić information content (AvgIpc) is 2.72. The van der Waals surface area contributed by atoms with Crippen molar-refractivity contribution >= 4 is 0 Å². The minimum absolute atomic E-state index is 0.833. The Morgan fingerprint density at radius 1 is 1.14 bits per heavy atom. The Kier molecular flexibility index (Phi) is 2.26. The van der Waals surface area contributed by atoms with E-state index in [4.69, 9.17) is 0 Å². The van der Waals surface area contributed by atoms with Crippen molar-refractivity contribution in [2.24, 2.45) is 0 Å². The molecule has 4 saturated heterocycles. The Bertz CT molecular complexity index is 189. The van der Waals surface area contributed by atoms with Crippen LogP contribution < -0.4 is 5.32 Å². The van der Waals surface area contributed by atoms with Crippen LogP contribution in [0.2, 0.25) is 0 Å². The summed E-state index contributed by atoms with van der Waals surface area (Å²) in [6, 6.07) is 0.833. The first-order chi connectivity index (χ1) is 6.86. The van der Waals surface area contributed by atoms with Crippen LogP contribution in [-0.4, -0.2) is 67.8 Å². The molecule has 14 heavy (non-hydrogen) atoms. The number of nitrogens with one attached hydrogen (secondary N) is 1. The number of rotatable bonds is 2. The summed E-state index contributed by atoms with van der Waals surface area (Å²) in [6.45, 7) is 11.0. The van der Waals surface area contributed by atoms with Gasteiger partial charge in [-0.2, -0.15) is 0 Å². The second-order valence-electron chi connectivity index (χ2n) is 5.33. The number of quaternary nitrogens is 1. The molecule has 2 bridgehead atoms. The number of nitrogens with zero attached hydrogens (tertiary/aromatic N) is 2. The fourth-order valence-electron chi connectivity index (χ4n) is 3.39. The molecule has 4 fully saturated rings. The molecule has 0 spiro atoms. The molecule has 0 aromatic heterocycles. The number of hydrogen-bond acceptors (Lipinski definition) is 2. The van der Waals surface area contributed by atoms with Crippen molar-refractivity contribution in [1.82, 2.24) is 10.2 Å². The molecule has 80 valence electrons. The molecular formula is C11H22N3+. The predicted molar refractivity (Wildman–Crippen MR) is 57.2 cm³/mol. The van der Waals surface area contributed by atoms with E-state index >= 15 is 0 Å². The fraction of sp³-hybridized carbons (Fsp3) is 1.00. The molecular weight excluding hydrogens is 174 g/mol. The van der Waals surface area contributed by atoms with Crippen LogP contribution in [0.15, 0.2) is 0 Å². The Morgan fingerprint density at radius 2 is 1.86 bits per heavy atom. The summed E-state index contributed by atoms with van der Waals surface area (Å²) in [5.41, 5.74) is 0. The van der Waals surface area contributed by atoms with Gasteiger partial charge < -0.3 is 9.80 Å². The Morgan fingerprint density at radius 3 is 2.43 bits per heavy atom. The molecule has 0 amide bonds. The van der Waals surface area contributed by atoms with Crippen LogP contribution in [0, 0.1) is 0 Å². The quantitative estimate of drug-likeness (QED) is 0.620. The van der Waals surface area contributed by atoms with Crippen molar-refractivity contribution in [1.29, 1.82) is 0 Å². The van der Waals surface area contributed by atoms with Gasteiger partial charge in [-0.25, -0.2) is 0 Å². The summed E-state index contributed by atoms with van der Waals surface area (Å²) in [5, 5.41) is 3.65. The minimum atomic E-state index is 0.833. The monoisotopic (exact) mass is 196 g/mol. The Hall–Kier alpha value is -0.120. The van der Waals surface area contributed by atoms with Gasteiger partial charge in [0, 0.05) is 19.6 Å². The first-order valence-corrected chi connectivity index (χ1v) is 6.17. The van der Waals surface area contributed by atoms with Crippen LogP contribution in [0.1, 0.15) is 12.8 Å². The molecule has 0 aromatic carbocycles. The number of fused-ring (bicyclic) bond motifs is 3. The van der Waals surface area contributed by atoms with Gasteiger partial charge >= 0.3 is 0 Å². The van der Waals surface area contributed by atoms with E-state index < -0.39 is 0 Å². The highest BCUT2D eigenvalue weighted by Gasteiger charge is 2.40. The van der Waals surface area contributed by atoms with Gasteiger partial charge in [-0.3, -0.25) is 4.90 Å². The van der Waals surface area contributed by atoms with Gasteiger partial charge in [0.25, 0.3) is 0 Å². The van der Waals surface area contributed by atoms with Crippen LogP contribution in [0.4, 0.5) is 0 Å². The van der Waals surface area contributed by atoms with Crippen molar-refractivity contribution in [3.05, 3.63) is 0 Å². The maximum absolute atomic E-state index is 3.65. The lowest BCUT2D eigenvalue weighted by Crippen LogP contribution is -2.69. The predicted octanol–water partition coefficient (Wildman–Crippen LogP) is -0.116. The first kappa shape index (κ1) is 9.13. The number of hydrogen-bond donors (Lipinski definition) is 1. The van der Waals surface area contributed by atoms with Crippen molar-refractivity contribution in [2.45, 2.75) is 18.9 Å². The van der Waals surface area contributed by atoms with Crippen LogP contribution in [0.25, 0.3) is 0 Å². The minimum Gasteiger partial charge on any atom is -0.319 e. The molecule has 3 heteroatoms. The van der Waals surface area contributed by atoms with Crippen molar-refractivity contribution in [2.75, 3.05) is 52.4 Å². The van der Waals surface area contributed by atoms with E-state index in [1.54, 1.807) is 0 Å². The first-order valence-electron chi connectivity index (χ1n) is 6.17. The van der Waals surface area contributed by atoms with Crippen molar-refractivity contribution < 1.29 is 4.48 Å². The molecule has 4 aliphatic heterocycles. The molecule has 0 aromatic rings. The van der Waals surface area contributed by atoms with E-state index in [9.17, 15) is 0 Å². The van der Waals surface area contributed by atoms with Gasteiger partial charge in [0.2, 0.25) is 0 Å². The van der Waals surface area contributed by atoms with Gasteiger partial charge in [-0.1, -0.05) is 0 Å². The van der Waals surface area contributed by atoms with Crippen LogP contribution in [0.5, 0.6) is 0 Å². The van der Waals surface area contributed by atoms with Gasteiger partial charge in [0.05, 0.1) is 32.2 Å². The standard InChI is InChI=1S/C11H22N3/c1-2-11(12-3-1)10-14-7-4-13(5-8-14)6-9-14/h11-12H,1-10H2/q+1/t11-/m0/s1. The lowest BCUT2D eigenvalue weighted by molar-refractivity contribution is -0.941. The van der Waals surface area contributed by atoms with E-state index in [1.807, 2.05) is 0 Å². The van der Waals surface area contributed by atoms with Crippen LogP contribution >= 0.6 is 0 Å². The van der Waals surface area contributed by atoms with Crippen LogP contribution in [-0.2, 0) is 0 Å². The highest BCUT2D eigenvalue weighted by molar-refractivity contribution is 4.78. The summed E-state index contributed by atoms with van der Waals surface area (Å²) < 4.78 is 1.42. The largest absolute Gasteiger partial charge is 0.319 e. The molecule has 1 atom stereocenters. The Balaban J connectivity index is 1.63. The smallest absolute Gasteiger partial charge is 0.0943 e. The van der Waals surface area contributed by atoms with Gasteiger partial charge in [-0.15, -0.1) is 0 Å². The second-order valence-corrected chi connectivity index (χ2v) is 5.33. The fourth-order valence-corrected chi connectivity index (χ4v) is 3.39. The zero-order valence-corrected chi connectivity index (χ0v) is 9.04. The number of piperazine rings is 3. The summed E-state index contributed by atoms with van der Waals surface area (Å²) in [6.07, 6.45) is 2.82. The third-order valence-corrected chi connectivity index (χ3v) is 4.44. The molecule has 0 radical (unpaired) electrons. The molecule has 4 rings (SSSR count). The maximum atomic E-state index is 3.65. The molecule has 0 aliphatic carbocycles. The molecule has 0 saturated carbocycles. The summed E-state index contributed by atoms with van der Waals surface area (Å²) in [5.74, 6) is 0. The summed E-state index contributed by atoms with van der Waals surface area (Å²) in [4.78, 5) is 2.63.